The third-order valence-electron chi connectivity index (χ3n) is 2.39. The zero-order chi connectivity index (χ0) is 13.0. The van der Waals surface area contributed by atoms with E-state index < -0.39 is 0 Å². The van der Waals surface area contributed by atoms with E-state index in [0.717, 1.165) is 29.0 Å². The predicted molar refractivity (Wildman–Crippen MR) is 74.3 cm³/mol. The van der Waals surface area contributed by atoms with Crippen LogP contribution in [0.15, 0.2) is 23.1 Å². The quantitative estimate of drug-likeness (QED) is 0.941. The monoisotopic (exact) mass is 307 g/mol. The maximum absolute atomic E-state index is 4.50. The van der Waals surface area contributed by atoms with Crippen LogP contribution in [0.2, 0.25) is 0 Å². The second-order valence-corrected chi connectivity index (χ2v) is 4.42. The van der Waals surface area contributed by atoms with Crippen molar-refractivity contribution in [2.24, 2.45) is 0 Å². The minimum atomic E-state index is 0.596. The number of nitrogens with one attached hydrogen (secondary N) is 1. The average Bonchev–Trinajstić information content (AvgIpc) is 2.42. The highest BCUT2D eigenvalue weighted by molar-refractivity contribution is 9.10. The average molecular weight is 308 g/mol. The predicted octanol–water partition coefficient (Wildman–Crippen LogP) is 2.69. The van der Waals surface area contributed by atoms with Crippen LogP contribution in [0.3, 0.4) is 0 Å². The van der Waals surface area contributed by atoms with Crippen molar-refractivity contribution in [1.29, 1.82) is 0 Å². The fourth-order valence-corrected chi connectivity index (χ4v) is 2.14. The minimum absolute atomic E-state index is 0.596. The number of hydrogen-bond donors (Lipinski definition) is 1. The third kappa shape index (κ3) is 2.64. The fourth-order valence-electron chi connectivity index (χ4n) is 1.54. The summed E-state index contributed by atoms with van der Waals surface area (Å²) in [4.78, 5) is 17.2. The first kappa shape index (κ1) is 12.9. The molecule has 18 heavy (non-hydrogen) atoms. The summed E-state index contributed by atoms with van der Waals surface area (Å²) in [5.74, 6) is 1.39. The molecule has 0 aliphatic rings. The van der Waals surface area contributed by atoms with Gasteiger partial charge in [0.05, 0.1) is 16.4 Å². The van der Waals surface area contributed by atoms with Gasteiger partial charge in [-0.1, -0.05) is 6.92 Å². The molecule has 0 spiro atoms. The van der Waals surface area contributed by atoms with Crippen LogP contribution >= 0.6 is 15.9 Å². The van der Waals surface area contributed by atoms with Crippen LogP contribution in [-0.2, 0) is 6.42 Å². The molecular formula is C12H14BrN5. The van der Waals surface area contributed by atoms with Gasteiger partial charge in [0.15, 0.2) is 5.82 Å². The van der Waals surface area contributed by atoms with Crippen molar-refractivity contribution in [3.63, 3.8) is 0 Å². The molecule has 2 heterocycles. The summed E-state index contributed by atoms with van der Waals surface area (Å²) in [5, 5.41) is 3.21. The lowest BCUT2D eigenvalue weighted by molar-refractivity contribution is 0.975. The van der Waals surface area contributed by atoms with E-state index in [0.29, 0.717) is 11.5 Å². The molecule has 0 radical (unpaired) electrons. The summed E-state index contributed by atoms with van der Waals surface area (Å²) < 4.78 is 0.916. The molecule has 2 aromatic heterocycles. The molecule has 2 aromatic rings. The van der Waals surface area contributed by atoms with Crippen molar-refractivity contribution in [1.82, 2.24) is 19.9 Å². The van der Waals surface area contributed by atoms with Crippen LogP contribution in [0.25, 0.3) is 11.5 Å². The molecule has 0 saturated carbocycles. The highest BCUT2D eigenvalue weighted by Crippen LogP contribution is 2.26. The molecule has 0 aliphatic heterocycles. The van der Waals surface area contributed by atoms with E-state index >= 15 is 0 Å². The van der Waals surface area contributed by atoms with E-state index in [1.54, 1.807) is 18.6 Å². The third-order valence-corrected chi connectivity index (χ3v) is 3.22. The SMILES string of the molecule is CCNc1nc(-c2cnccn2)nc(CC)c1Br. The van der Waals surface area contributed by atoms with E-state index in [4.69, 9.17) is 0 Å². The first-order valence-electron chi connectivity index (χ1n) is 5.82. The van der Waals surface area contributed by atoms with Gasteiger partial charge in [-0.25, -0.2) is 15.0 Å². The molecule has 6 heteroatoms. The van der Waals surface area contributed by atoms with Crippen molar-refractivity contribution in [2.75, 3.05) is 11.9 Å². The molecule has 2 rings (SSSR count). The summed E-state index contributed by atoms with van der Waals surface area (Å²) in [6.07, 6.45) is 5.76. The van der Waals surface area contributed by atoms with Gasteiger partial charge in [-0.3, -0.25) is 4.98 Å². The van der Waals surface area contributed by atoms with Gasteiger partial charge in [0.1, 0.15) is 11.5 Å². The van der Waals surface area contributed by atoms with Gasteiger partial charge in [-0.05, 0) is 29.3 Å². The Morgan fingerprint density at radius 3 is 2.67 bits per heavy atom. The number of anilines is 1. The summed E-state index contributed by atoms with van der Waals surface area (Å²) in [7, 11) is 0. The number of hydrogen-bond acceptors (Lipinski definition) is 5. The van der Waals surface area contributed by atoms with Crippen LogP contribution < -0.4 is 5.32 Å². The molecule has 0 atom stereocenters. The smallest absolute Gasteiger partial charge is 0.182 e. The maximum Gasteiger partial charge on any atom is 0.182 e. The lowest BCUT2D eigenvalue weighted by atomic mass is 10.3. The van der Waals surface area contributed by atoms with Gasteiger partial charge in [-0.2, -0.15) is 0 Å². The largest absolute Gasteiger partial charge is 0.369 e. The normalized spacial score (nSPS) is 10.4. The summed E-state index contributed by atoms with van der Waals surface area (Å²) in [5.41, 5.74) is 1.64. The summed E-state index contributed by atoms with van der Waals surface area (Å²) in [6.45, 7) is 4.89. The first-order chi connectivity index (χ1) is 8.76. The molecule has 5 nitrogen and oxygen atoms in total. The topological polar surface area (TPSA) is 63.6 Å². The Morgan fingerprint density at radius 1 is 1.22 bits per heavy atom. The van der Waals surface area contributed by atoms with Crippen LogP contribution in [0.1, 0.15) is 19.5 Å². The minimum Gasteiger partial charge on any atom is -0.369 e. The van der Waals surface area contributed by atoms with Crippen molar-refractivity contribution >= 4 is 21.7 Å². The molecule has 0 bridgehead atoms. The zero-order valence-electron chi connectivity index (χ0n) is 10.3. The van der Waals surface area contributed by atoms with Crippen LogP contribution in [-0.4, -0.2) is 26.5 Å². The van der Waals surface area contributed by atoms with Crippen LogP contribution in [0.4, 0.5) is 5.82 Å². The fraction of sp³-hybridized carbons (Fsp3) is 0.333. The molecule has 0 aromatic carbocycles. The Kier molecular flexibility index (Phi) is 4.19. The molecule has 1 N–H and O–H groups in total. The van der Waals surface area contributed by atoms with Crippen molar-refractivity contribution in [3.05, 3.63) is 28.8 Å². The van der Waals surface area contributed by atoms with Crippen LogP contribution in [0.5, 0.6) is 0 Å². The molecule has 0 amide bonds. The van der Waals surface area contributed by atoms with Crippen molar-refractivity contribution in [2.45, 2.75) is 20.3 Å². The second kappa shape index (κ2) is 5.86. The molecule has 0 aliphatic carbocycles. The molecule has 0 unspecified atom stereocenters. The Morgan fingerprint density at radius 2 is 2.06 bits per heavy atom. The number of halogens is 1. The molecule has 0 saturated heterocycles. The first-order valence-corrected chi connectivity index (χ1v) is 6.62. The standard InChI is InChI=1S/C12H14BrN5/c1-3-8-10(13)12(15-4-2)18-11(17-8)9-7-14-5-6-16-9/h5-7H,3-4H2,1-2H3,(H,15,17,18). The van der Waals surface area contributed by atoms with E-state index in [9.17, 15) is 0 Å². The zero-order valence-corrected chi connectivity index (χ0v) is 11.9. The summed E-state index contributed by atoms with van der Waals surface area (Å²) in [6, 6.07) is 0. The van der Waals surface area contributed by atoms with Gasteiger partial charge < -0.3 is 5.32 Å². The number of aromatic nitrogens is 4. The Bertz CT molecular complexity index is 529. The van der Waals surface area contributed by atoms with Gasteiger partial charge in [0, 0.05) is 18.9 Å². The Balaban J connectivity index is 2.52. The Labute approximate surface area is 114 Å². The second-order valence-electron chi connectivity index (χ2n) is 3.63. The molecule has 94 valence electrons. The van der Waals surface area contributed by atoms with E-state index in [1.165, 1.54) is 0 Å². The Hall–Kier alpha value is -1.56. The number of rotatable bonds is 4. The summed E-state index contributed by atoms with van der Waals surface area (Å²) >= 11 is 3.53. The molecular weight excluding hydrogens is 294 g/mol. The van der Waals surface area contributed by atoms with Gasteiger partial charge in [0.25, 0.3) is 0 Å². The highest BCUT2D eigenvalue weighted by Gasteiger charge is 2.12. The van der Waals surface area contributed by atoms with Gasteiger partial charge >= 0.3 is 0 Å². The van der Waals surface area contributed by atoms with Crippen LogP contribution in [0, 0.1) is 0 Å². The van der Waals surface area contributed by atoms with Crippen molar-refractivity contribution in [3.8, 4) is 11.5 Å². The van der Waals surface area contributed by atoms with Gasteiger partial charge in [-0.15, -0.1) is 0 Å². The van der Waals surface area contributed by atoms with E-state index in [-0.39, 0.29) is 0 Å². The van der Waals surface area contributed by atoms with E-state index in [2.05, 4.69) is 48.1 Å². The lowest BCUT2D eigenvalue weighted by Crippen LogP contribution is -2.06. The number of nitrogens with zero attached hydrogens (tertiary/aromatic N) is 4. The van der Waals surface area contributed by atoms with E-state index in [1.807, 2.05) is 6.92 Å². The van der Waals surface area contributed by atoms with Gasteiger partial charge in [0.2, 0.25) is 0 Å². The maximum atomic E-state index is 4.50. The highest BCUT2D eigenvalue weighted by atomic mass is 79.9. The number of aryl methyl sites for hydroxylation is 1. The lowest BCUT2D eigenvalue weighted by Gasteiger charge is -2.10. The molecule has 0 fully saturated rings. The van der Waals surface area contributed by atoms with Crippen molar-refractivity contribution < 1.29 is 0 Å².